The van der Waals surface area contributed by atoms with Crippen LogP contribution in [0.15, 0.2) is 18.2 Å². The van der Waals surface area contributed by atoms with Crippen LogP contribution in [0.4, 0.5) is 5.69 Å². The first-order valence-corrected chi connectivity index (χ1v) is 5.53. The van der Waals surface area contributed by atoms with E-state index < -0.39 is 0 Å². The van der Waals surface area contributed by atoms with Crippen LogP contribution in [-0.2, 0) is 6.42 Å². The standard InChI is InChI=1S/C10H12INO/c11-8-2-4-10-7(5-8)1-3-9(6-13)12-10/h2,4-5,9,12-13H,1,3,6H2. The van der Waals surface area contributed by atoms with E-state index in [2.05, 4.69) is 46.1 Å². The Morgan fingerprint density at radius 1 is 1.54 bits per heavy atom. The Bertz CT molecular complexity index is 314. The molecule has 0 aromatic heterocycles. The summed E-state index contributed by atoms with van der Waals surface area (Å²) in [6.07, 6.45) is 2.11. The molecular weight excluding hydrogens is 277 g/mol. The molecule has 2 N–H and O–H groups in total. The zero-order chi connectivity index (χ0) is 9.26. The van der Waals surface area contributed by atoms with E-state index in [0.29, 0.717) is 0 Å². The molecule has 1 aliphatic rings. The summed E-state index contributed by atoms with van der Waals surface area (Å²) in [5, 5.41) is 12.3. The summed E-state index contributed by atoms with van der Waals surface area (Å²) >= 11 is 2.32. The van der Waals surface area contributed by atoms with Crippen LogP contribution in [0, 0.1) is 3.57 Å². The molecule has 0 spiro atoms. The molecule has 13 heavy (non-hydrogen) atoms. The zero-order valence-electron chi connectivity index (χ0n) is 7.26. The van der Waals surface area contributed by atoms with Gasteiger partial charge in [0.05, 0.1) is 6.61 Å². The first-order valence-electron chi connectivity index (χ1n) is 4.45. The molecule has 0 bridgehead atoms. The quantitative estimate of drug-likeness (QED) is 0.775. The molecule has 2 nitrogen and oxygen atoms in total. The summed E-state index contributed by atoms with van der Waals surface area (Å²) in [5.41, 5.74) is 2.56. The van der Waals surface area contributed by atoms with Crippen molar-refractivity contribution in [3.05, 3.63) is 27.3 Å². The van der Waals surface area contributed by atoms with Crippen LogP contribution in [0.25, 0.3) is 0 Å². The molecule has 0 aliphatic carbocycles. The summed E-state index contributed by atoms with van der Waals surface area (Å²) in [7, 11) is 0. The number of benzene rings is 1. The molecule has 1 unspecified atom stereocenters. The lowest BCUT2D eigenvalue weighted by molar-refractivity contribution is 0.267. The number of rotatable bonds is 1. The monoisotopic (exact) mass is 289 g/mol. The Kier molecular flexibility index (Phi) is 2.74. The fourth-order valence-electron chi connectivity index (χ4n) is 1.67. The van der Waals surface area contributed by atoms with Gasteiger partial charge >= 0.3 is 0 Å². The van der Waals surface area contributed by atoms with E-state index in [1.54, 1.807) is 0 Å². The SMILES string of the molecule is OCC1CCc2cc(I)ccc2N1. The average molecular weight is 289 g/mol. The van der Waals surface area contributed by atoms with E-state index in [9.17, 15) is 0 Å². The van der Waals surface area contributed by atoms with E-state index >= 15 is 0 Å². The van der Waals surface area contributed by atoms with Crippen molar-refractivity contribution in [1.82, 2.24) is 0 Å². The highest BCUT2D eigenvalue weighted by atomic mass is 127. The zero-order valence-corrected chi connectivity index (χ0v) is 9.41. The van der Waals surface area contributed by atoms with Gasteiger partial charge in [-0.3, -0.25) is 0 Å². The molecule has 0 saturated heterocycles. The van der Waals surface area contributed by atoms with Gasteiger partial charge < -0.3 is 10.4 Å². The predicted octanol–water partition coefficient (Wildman–Crippen LogP) is 2.01. The predicted molar refractivity (Wildman–Crippen MR) is 62.0 cm³/mol. The number of hydrogen-bond acceptors (Lipinski definition) is 2. The smallest absolute Gasteiger partial charge is 0.0632 e. The van der Waals surface area contributed by atoms with E-state index in [-0.39, 0.29) is 12.6 Å². The number of nitrogens with one attached hydrogen (secondary N) is 1. The van der Waals surface area contributed by atoms with Crippen LogP contribution in [-0.4, -0.2) is 17.8 Å². The maximum Gasteiger partial charge on any atom is 0.0632 e. The largest absolute Gasteiger partial charge is 0.394 e. The Balaban J connectivity index is 2.26. The fraction of sp³-hybridized carbons (Fsp3) is 0.400. The normalized spacial score (nSPS) is 20.6. The van der Waals surface area contributed by atoms with Gasteiger partial charge in [-0.2, -0.15) is 0 Å². The van der Waals surface area contributed by atoms with Gasteiger partial charge in [0, 0.05) is 15.3 Å². The van der Waals surface area contributed by atoms with Crippen molar-refractivity contribution in [3.63, 3.8) is 0 Å². The van der Waals surface area contributed by atoms with E-state index in [1.807, 2.05) is 0 Å². The maximum atomic E-state index is 9.01. The number of aliphatic hydroxyl groups excluding tert-OH is 1. The van der Waals surface area contributed by atoms with Crippen molar-refractivity contribution in [3.8, 4) is 0 Å². The van der Waals surface area contributed by atoms with Gasteiger partial charge in [0.1, 0.15) is 0 Å². The summed E-state index contributed by atoms with van der Waals surface area (Å²) in [5.74, 6) is 0. The van der Waals surface area contributed by atoms with Crippen molar-refractivity contribution in [2.24, 2.45) is 0 Å². The molecule has 1 aromatic carbocycles. The molecule has 70 valence electrons. The maximum absolute atomic E-state index is 9.01. The van der Waals surface area contributed by atoms with Gasteiger partial charge in [0.25, 0.3) is 0 Å². The second-order valence-corrected chi connectivity index (χ2v) is 4.61. The summed E-state index contributed by atoms with van der Waals surface area (Å²) in [6.45, 7) is 0.228. The second-order valence-electron chi connectivity index (χ2n) is 3.36. The van der Waals surface area contributed by atoms with Gasteiger partial charge in [0.15, 0.2) is 0 Å². The molecule has 0 amide bonds. The first-order chi connectivity index (χ1) is 6.29. The molecule has 0 radical (unpaired) electrons. The van der Waals surface area contributed by atoms with Gasteiger partial charge in [0.2, 0.25) is 0 Å². The Morgan fingerprint density at radius 3 is 3.15 bits per heavy atom. The molecular formula is C10H12INO. The highest BCUT2D eigenvalue weighted by Crippen LogP contribution is 2.26. The van der Waals surface area contributed by atoms with Gasteiger partial charge in [-0.25, -0.2) is 0 Å². The van der Waals surface area contributed by atoms with Crippen molar-refractivity contribution >= 4 is 28.3 Å². The number of fused-ring (bicyclic) bond motifs is 1. The third kappa shape index (κ3) is 1.96. The van der Waals surface area contributed by atoms with Crippen molar-refractivity contribution in [2.75, 3.05) is 11.9 Å². The summed E-state index contributed by atoms with van der Waals surface area (Å²) < 4.78 is 1.28. The van der Waals surface area contributed by atoms with E-state index in [1.165, 1.54) is 14.8 Å². The van der Waals surface area contributed by atoms with Crippen LogP contribution in [0.2, 0.25) is 0 Å². The molecule has 0 saturated carbocycles. The topological polar surface area (TPSA) is 32.3 Å². The van der Waals surface area contributed by atoms with Gasteiger partial charge in [-0.05, 0) is 59.2 Å². The summed E-state index contributed by atoms with van der Waals surface area (Å²) in [6, 6.07) is 6.63. The van der Waals surface area contributed by atoms with Crippen molar-refractivity contribution in [1.29, 1.82) is 0 Å². The number of aliphatic hydroxyl groups is 1. The van der Waals surface area contributed by atoms with Crippen LogP contribution in [0.1, 0.15) is 12.0 Å². The summed E-state index contributed by atoms with van der Waals surface area (Å²) in [4.78, 5) is 0. The number of aryl methyl sites for hydroxylation is 1. The lowest BCUT2D eigenvalue weighted by Gasteiger charge is -2.25. The second kappa shape index (κ2) is 3.84. The minimum atomic E-state index is 0.228. The Hall–Kier alpha value is -0.290. The van der Waals surface area contributed by atoms with Crippen LogP contribution in [0.3, 0.4) is 0 Å². The van der Waals surface area contributed by atoms with Crippen molar-refractivity contribution < 1.29 is 5.11 Å². The third-order valence-corrected chi connectivity index (χ3v) is 3.08. The number of hydrogen-bond donors (Lipinski definition) is 2. The van der Waals surface area contributed by atoms with E-state index in [0.717, 1.165) is 12.8 Å². The minimum absolute atomic E-state index is 0.228. The highest BCUT2D eigenvalue weighted by molar-refractivity contribution is 14.1. The minimum Gasteiger partial charge on any atom is -0.394 e. The Labute approximate surface area is 91.5 Å². The average Bonchev–Trinajstić information content (AvgIpc) is 2.17. The van der Waals surface area contributed by atoms with Crippen molar-refractivity contribution in [2.45, 2.75) is 18.9 Å². The van der Waals surface area contributed by atoms with Crippen LogP contribution >= 0.6 is 22.6 Å². The Morgan fingerprint density at radius 2 is 2.38 bits per heavy atom. The molecule has 2 rings (SSSR count). The van der Waals surface area contributed by atoms with Crippen LogP contribution < -0.4 is 5.32 Å². The third-order valence-electron chi connectivity index (χ3n) is 2.41. The lowest BCUT2D eigenvalue weighted by atomic mass is 9.99. The fourth-order valence-corrected chi connectivity index (χ4v) is 2.22. The number of halogens is 1. The number of anilines is 1. The molecule has 3 heteroatoms. The van der Waals surface area contributed by atoms with Gasteiger partial charge in [-0.15, -0.1) is 0 Å². The molecule has 1 aliphatic heterocycles. The van der Waals surface area contributed by atoms with Crippen LogP contribution in [0.5, 0.6) is 0 Å². The molecule has 1 heterocycles. The van der Waals surface area contributed by atoms with Gasteiger partial charge in [-0.1, -0.05) is 0 Å². The first kappa shape index (κ1) is 9.27. The molecule has 1 atom stereocenters. The highest BCUT2D eigenvalue weighted by Gasteiger charge is 2.16. The molecule has 1 aromatic rings. The van der Waals surface area contributed by atoms with E-state index in [4.69, 9.17) is 5.11 Å². The molecule has 0 fully saturated rings. The lowest BCUT2D eigenvalue weighted by Crippen LogP contribution is -2.28.